The number of hydrogen-bond acceptors (Lipinski definition) is 7. The Morgan fingerprint density at radius 2 is 2.07 bits per heavy atom. The third kappa shape index (κ3) is 3.89. The van der Waals surface area contributed by atoms with Gasteiger partial charge in [0.2, 0.25) is 5.91 Å². The maximum absolute atomic E-state index is 12.0. The largest absolute Gasteiger partial charge is 0.375 e. The molecule has 1 saturated carbocycles. The highest BCUT2D eigenvalue weighted by atomic mass is 16.5. The molecule has 2 aromatic heterocycles. The van der Waals surface area contributed by atoms with Crippen LogP contribution in [0.4, 0.5) is 11.6 Å². The molecule has 2 aliphatic heterocycles. The maximum Gasteiger partial charge on any atom is 0.254 e. The van der Waals surface area contributed by atoms with Crippen molar-refractivity contribution in [3.63, 3.8) is 0 Å². The van der Waals surface area contributed by atoms with Crippen LogP contribution in [-0.4, -0.2) is 50.7 Å². The van der Waals surface area contributed by atoms with Crippen molar-refractivity contribution in [2.75, 3.05) is 17.2 Å². The van der Waals surface area contributed by atoms with E-state index < -0.39 is 0 Å². The molecule has 3 aliphatic rings. The molecule has 30 heavy (non-hydrogen) atoms. The van der Waals surface area contributed by atoms with E-state index in [2.05, 4.69) is 34.9 Å². The molecule has 3 fully saturated rings. The lowest BCUT2D eigenvalue weighted by molar-refractivity contribution is -0.124. The number of carbonyl (C=O) groups is 2. The summed E-state index contributed by atoms with van der Waals surface area (Å²) in [4.78, 5) is 28.3. The van der Waals surface area contributed by atoms with Crippen LogP contribution < -0.4 is 16.0 Å². The Labute approximate surface area is 174 Å². The Bertz CT molecular complexity index is 1050. The third-order valence-corrected chi connectivity index (χ3v) is 5.70. The average Bonchev–Trinajstić information content (AvgIpc) is 3.30. The molecule has 158 valence electrons. The summed E-state index contributed by atoms with van der Waals surface area (Å²) in [5.41, 5.74) is 1.63. The number of aromatic nitrogens is 3. The van der Waals surface area contributed by atoms with Gasteiger partial charge in [-0.15, -0.1) is 0 Å². The number of imide groups is 1. The molecule has 2 saturated heterocycles. The molecular formula is C21H26N6O3. The molecule has 0 spiro atoms. The number of fused-ring (bicyclic) bond motifs is 1. The van der Waals surface area contributed by atoms with Crippen LogP contribution in [0, 0.1) is 0 Å². The molecule has 2 aromatic rings. The van der Waals surface area contributed by atoms with Gasteiger partial charge < -0.3 is 15.4 Å². The number of nitrogens with zero attached hydrogens (tertiary/aromatic N) is 3. The number of hydrogen-bond donors (Lipinski definition) is 3. The molecule has 9 heteroatoms. The Hall–Kier alpha value is -2.94. The lowest BCUT2D eigenvalue weighted by atomic mass is 9.94. The van der Waals surface area contributed by atoms with E-state index in [1.165, 1.54) is 0 Å². The lowest BCUT2D eigenvalue weighted by Crippen LogP contribution is -2.40. The van der Waals surface area contributed by atoms with Crippen molar-refractivity contribution < 1.29 is 14.3 Å². The second-order valence-electron chi connectivity index (χ2n) is 8.95. The fraction of sp³-hybridized carbons (Fsp3) is 0.524. The van der Waals surface area contributed by atoms with Crippen LogP contribution in [0.1, 0.15) is 51.5 Å². The second kappa shape index (κ2) is 7.09. The lowest BCUT2D eigenvalue weighted by Gasteiger charge is -2.36. The van der Waals surface area contributed by atoms with Gasteiger partial charge in [0.15, 0.2) is 5.65 Å². The van der Waals surface area contributed by atoms with Gasteiger partial charge in [0.05, 0.1) is 18.2 Å². The Morgan fingerprint density at radius 1 is 1.23 bits per heavy atom. The second-order valence-corrected chi connectivity index (χ2v) is 8.95. The normalized spacial score (nSPS) is 25.0. The van der Waals surface area contributed by atoms with Crippen molar-refractivity contribution in [2.45, 2.75) is 63.6 Å². The Kier molecular flexibility index (Phi) is 4.50. The number of nitrogens with one attached hydrogen (secondary N) is 3. The van der Waals surface area contributed by atoms with E-state index in [9.17, 15) is 9.59 Å². The van der Waals surface area contributed by atoms with Crippen LogP contribution in [0.5, 0.6) is 0 Å². The summed E-state index contributed by atoms with van der Waals surface area (Å²) < 4.78 is 7.59. The number of amides is 2. The van der Waals surface area contributed by atoms with Crippen LogP contribution in [0.3, 0.4) is 0 Å². The summed E-state index contributed by atoms with van der Waals surface area (Å²) in [7, 11) is 0. The third-order valence-electron chi connectivity index (χ3n) is 5.70. The zero-order chi connectivity index (χ0) is 20.9. The SMILES string of the molecule is CC1(C)CC(Nc2cc(NC3CC3)n3ncc(/C=C4\CC(=O)NC4=O)c3n2)CCO1. The topological polar surface area (TPSA) is 110 Å². The molecular weight excluding hydrogens is 384 g/mol. The van der Waals surface area contributed by atoms with Crippen LogP contribution >= 0.6 is 0 Å². The summed E-state index contributed by atoms with van der Waals surface area (Å²) in [6.07, 6.45) is 7.56. The van der Waals surface area contributed by atoms with E-state index in [0.29, 0.717) is 29.4 Å². The molecule has 0 bridgehead atoms. The number of anilines is 2. The summed E-state index contributed by atoms with van der Waals surface area (Å²) in [6.45, 7) is 4.92. The minimum Gasteiger partial charge on any atom is -0.375 e. The first-order valence-corrected chi connectivity index (χ1v) is 10.5. The summed E-state index contributed by atoms with van der Waals surface area (Å²) in [6, 6.07) is 2.71. The Balaban J connectivity index is 1.50. The predicted molar refractivity (Wildman–Crippen MR) is 112 cm³/mol. The average molecular weight is 410 g/mol. The maximum atomic E-state index is 12.0. The molecule has 2 amide bonds. The molecule has 1 atom stereocenters. The first-order chi connectivity index (χ1) is 14.4. The molecule has 3 N–H and O–H groups in total. The van der Waals surface area contributed by atoms with Gasteiger partial charge in [-0.05, 0) is 45.6 Å². The quantitative estimate of drug-likeness (QED) is 0.511. The predicted octanol–water partition coefficient (Wildman–Crippen LogP) is 2.10. The van der Waals surface area contributed by atoms with Crippen LogP contribution in [0.2, 0.25) is 0 Å². The van der Waals surface area contributed by atoms with Crippen LogP contribution in [-0.2, 0) is 14.3 Å². The van der Waals surface area contributed by atoms with Gasteiger partial charge >= 0.3 is 0 Å². The fourth-order valence-electron chi connectivity index (χ4n) is 4.07. The fourth-order valence-corrected chi connectivity index (χ4v) is 4.07. The standard InChI is InChI=1S/C21H26N6O3/c1-21(2)10-15(5-6-30-21)23-16-9-17(24-14-3-4-14)27-19(25-16)13(11-22-27)7-12-8-18(28)26-20(12)29/h7,9,11,14-15,24H,3-6,8,10H2,1-2H3,(H,23,25)(H,26,28,29)/b12-7+. The van der Waals surface area contributed by atoms with Crippen molar-refractivity contribution in [2.24, 2.45) is 0 Å². The van der Waals surface area contributed by atoms with Gasteiger partial charge in [-0.2, -0.15) is 9.61 Å². The van der Waals surface area contributed by atoms with Crippen LogP contribution in [0.25, 0.3) is 11.7 Å². The molecule has 9 nitrogen and oxygen atoms in total. The van der Waals surface area contributed by atoms with Gasteiger partial charge in [0.1, 0.15) is 11.6 Å². The minimum absolute atomic E-state index is 0.0818. The van der Waals surface area contributed by atoms with Crippen molar-refractivity contribution >= 4 is 35.2 Å². The first-order valence-electron chi connectivity index (χ1n) is 10.5. The van der Waals surface area contributed by atoms with Gasteiger partial charge in [-0.25, -0.2) is 4.98 Å². The molecule has 1 aliphatic carbocycles. The summed E-state index contributed by atoms with van der Waals surface area (Å²) in [5.74, 6) is 0.999. The smallest absolute Gasteiger partial charge is 0.254 e. The molecule has 4 heterocycles. The van der Waals surface area contributed by atoms with Crippen molar-refractivity contribution in [3.05, 3.63) is 23.4 Å². The molecule has 0 radical (unpaired) electrons. The van der Waals surface area contributed by atoms with E-state index in [-0.39, 0.29) is 29.9 Å². The van der Waals surface area contributed by atoms with E-state index in [0.717, 1.165) is 37.3 Å². The molecule has 0 aromatic carbocycles. The zero-order valence-electron chi connectivity index (χ0n) is 17.2. The number of carbonyl (C=O) groups excluding carboxylic acids is 2. The minimum atomic E-state index is -0.352. The molecule has 5 rings (SSSR count). The van der Waals surface area contributed by atoms with Crippen molar-refractivity contribution in [3.8, 4) is 0 Å². The van der Waals surface area contributed by atoms with Crippen LogP contribution in [0.15, 0.2) is 17.8 Å². The number of rotatable bonds is 5. The number of ether oxygens (including phenoxy) is 1. The van der Waals surface area contributed by atoms with Crippen molar-refractivity contribution in [1.29, 1.82) is 0 Å². The Morgan fingerprint density at radius 3 is 2.77 bits per heavy atom. The van der Waals surface area contributed by atoms with Gasteiger partial charge in [-0.3, -0.25) is 14.9 Å². The summed E-state index contributed by atoms with van der Waals surface area (Å²) >= 11 is 0. The summed E-state index contributed by atoms with van der Waals surface area (Å²) in [5, 5.41) is 13.9. The van der Waals surface area contributed by atoms with Gasteiger partial charge in [-0.1, -0.05) is 0 Å². The highest BCUT2D eigenvalue weighted by molar-refractivity contribution is 6.15. The highest BCUT2D eigenvalue weighted by Gasteiger charge is 2.30. The van der Waals surface area contributed by atoms with E-state index in [1.54, 1.807) is 16.8 Å². The van der Waals surface area contributed by atoms with Gasteiger partial charge in [0.25, 0.3) is 5.91 Å². The van der Waals surface area contributed by atoms with Crippen molar-refractivity contribution in [1.82, 2.24) is 19.9 Å². The highest BCUT2D eigenvalue weighted by Crippen LogP contribution is 2.30. The van der Waals surface area contributed by atoms with E-state index in [4.69, 9.17) is 9.72 Å². The van der Waals surface area contributed by atoms with E-state index in [1.807, 2.05) is 6.07 Å². The zero-order valence-corrected chi connectivity index (χ0v) is 17.2. The first kappa shape index (κ1) is 19.0. The van der Waals surface area contributed by atoms with Gasteiger partial charge in [0, 0.05) is 35.9 Å². The molecule has 1 unspecified atom stereocenters. The van der Waals surface area contributed by atoms with E-state index >= 15 is 0 Å². The monoisotopic (exact) mass is 410 g/mol.